The Hall–Kier alpha value is -0.750. The summed E-state index contributed by atoms with van der Waals surface area (Å²) >= 11 is 15.4. The highest BCUT2D eigenvalue weighted by atomic mass is 79.9. The van der Waals surface area contributed by atoms with E-state index < -0.39 is 0 Å². The molecule has 0 spiro atoms. The molecule has 0 aliphatic carbocycles. The molecule has 0 aliphatic heterocycles. The fourth-order valence-corrected chi connectivity index (χ4v) is 2.51. The maximum atomic E-state index is 6.09. The number of benzene rings is 1. The molecule has 0 saturated heterocycles. The smallest absolute Gasteiger partial charge is 0.174 e. The predicted molar refractivity (Wildman–Crippen MR) is 87.0 cm³/mol. The number of rotatable bonds is 7. The lowest BCUT2D eigenvalue weighted by Gasteiger charge is -2.07. The highest BCUT2D eigenvalue weighted by molar-refractivity contribution is 9.10. The van der Waals surface area contributed by atoms with Gasteiger partial charge in [0.2, 0.25) is 0 Å². The lowest BCUT2D eigenvalue weighted by atomic mass is 10.3. The quantitative estimate of drug-likeness (QED) is 0.540. The molecule has 0 radical (unpaired) electrons. The number of nitrogens with zero attached hydrogens (tertiary/aromatic N) is 1. The van der Waals surface area contributed by atoms with Crippen LogP contribution in [0.2, 0.25) is 10.0 Å². The molecule has 2 aromatic rings. The van der Waals surface area contributed by atoms with Crippen molar-refractivity contribution in [3.63, 3.8) is 0 Å². The van der Waals surface area contributed by atoms with Gasteiger partial charge in [0.15, 0.2) is 5.76 Å². The average molecular weight is 394 g/mol. The zero-order valence-corrected chi connectivity index (χ0v) is 14.6. The molecule has 4 nitrogen and oxygen atoms in total. The highest BCUT2D eigenvalue weighted by Gasteiger charge is 2.09. The molecule has 0 atom stereocenters. The van der Waals surface area contributed by atoms with Gasteiger partial charge in [-0.15, -0.1) is 0 Å². The summed E-state index contributed by atoms with van der Waals surface area (Å²) in [6, 6.07) is 5.21. The maximum Gasteiger partial charge on any atom is 0.174 e. The third-order valence-corrected chi connectivity index (χ3v) is 4.18. The molecule has 0 aliphatic rings. The summed E-state index contributed by atoms with van der Waals surface area (Å²) in [6.45, 7) is 3.99. The molecule has 2 rings (SSSR count). The van der Waals surface area contributed by atoms with Crippen molar-refractivity contribution in [2.45, 2.75) is 26.5 Å². The minimum atomic E-state index is 0.248. The molecular weight excluding hydrogens is 379 g/mol. The molecule has 1 heterocycles. The Bertz CT molecular complexity index is 605. The summed E-state index contributed by atoms with van der Waals surface area (Å²) in [5.41, 5.74) is 0.849. The minimum Gasteiger partial charge on any atom is -0.484 e. The van der Waals surface area contributed by atoms with Crippen LogP contribution in [0.5, 0.6) is 5.75 Å². The van der Waals surface area contributed by atoms with Gasteiger partial charge in [-0.3, -0.25) is 0 Å². The van der Waals surface area contributed by atoms with E-state index in [-0.39, 0.29) is 6.61 Å². The standard InChI is InChI=1S/C14H15BrCl2N2O2/c1-2-3-18-7-9-4-10(21-19-9)8-20-14-6-12(16)11(15)5-13(14)17/h4-6,18H,2-3,7-8H2,1H3. The number of halogens is 3. The predicted octanol–water partition coefficient (Wildman–Crippen LogP) is 4.82. The molecule has 1 N–H and O–H groups in total. The van der Waals surface area contributed by atoms with E-state index in [1.54, 1.807) is 12.1 Å². The van der Waals surface area contributed by atoms with Gasteiger partial charge < -0.3 is 14.6 Å². The number of aromatic nitrogens is 1. The van der Waals surface area contributed by atoms with Crippen molar-refractivity contribution in [3.8, 4) is 5.75 Å². The van der Waals surface area contributed by atoms with Crippen molar-refractivity contribution in [2.75, 3.05) is 6.54 Å². The summed E-state index contributed by atoms with van der Waals surface area (Å²) in [4.78, 5) is 0. The van der Waals surface area contributed by atoms with Crippen molar-refractivity contribution >= 4 is 39.1 Å². The Labute approximate surface area is 141 Å². The molecule has 0 unspecified atom stereocenters. The van der Waals surface area contributed by atoms with E-state index in [9.17, 15) is 0 Å². The molecule has 0 fully saturated rings. The van der Waals surface area contributed by atoms with E-state index in [0.717, 1.165) is 23.1 Å². The first-order chi connectivity index (χ1) is 10.1. The summed E-state index contributed by atoms with van der Waals surface area (Å²) in [7, 11) is 0. The van der Waals surface area contributed by atoms with E-state index in [1.165, 1.54) is 0 Å². The molecule has 0 amide bonds. The van der Waals surface area contributed by atoms with Crippen molar-refractivity contribution < 1.29 is 9.26 Å². The van der Waals surface area contributed by atoms with Crippen LogP contribution in [0.4, 0.5) is 0 Å². The van der Waals surface area contributed by atoms with E-state index in [1.807, 2.05) is 6.07 Å². The van der Waals surface area contributed by atoms with Crippen molar-refractivity contribution in [2.24, 2.45) is 0 Å². The van der Waals surface area contributed by atoms with Crippen LogP contribution in [0, 0.1) is 0 Å². The van der Waals surface area contributed by atoms with Crippen molar-refractivity contribution in [3.05, 3.63) is 44.2 Å². The summed E-state index contributed by atoms with van der Waals surface area (Å²) in [6.07, 6.45) is 1.08. The lowest BCUT2D eigenvalue weighted by Crippen LogP contribution is -2.13. The van der Waals surface area contributed by atoms with Crippen molar-refractivity contribution in [1.82, 2.24) is 10.5 Å². The first kappa shape index (κ1) is 16.6. The second kappa shape index (κ2) is 8.03. The van der Waals surface area contributed by atoms with Crippen LogP contribution >= 0.6 is 39.1 Å². The van der Waals surface area contributed by atoms with Crippen LogP contribution in [0.25, 0.3) is 0 Å². The Morgan fingerprint density at radius 1 is 1.29 bits per heavy atom. The first-order valence-electron chi connectivity index (χ1n) is 6.52. The topological polar surface area (TPSA) is 47.3 Å². The van der Waals surface area contributed by atoms with E-state index in [0.29, 0.717) is 28.1 Å². The van der Waals surface area contributed by atoms with E-state index >= 15 is 0 Å². The SMILES string of the molecule is CCCNCc1cc(COc2cc(Cl)c(Br)cc2Cl)on1. The van der Waals surface area contributed by atoms with Gasteiger partial charge in [-0.1, -0.05) is 35.3 Å². The Morgan fingerprint density at radius 3 is 2.86 bits per heavy atom. The molecule has 7 heteroatoms. The lowest BCUT2D eigenvalue weighted by molar-refractivity contribution is 0.248. The monoisotopic (exact) mass is 392 g/mol. The number of ether oxygens (including phenoxy) is 1. The number of nitrogens with one attached hydrogen (secondary N) is 1. The Morgan fingerprint density at radius 2 is 2.10 bits per heavy atom. The largest absolute Gasteiger partial charge is 0.484 e. The summed E-state index contributed by atoms with van der Waals surface area (Å²) < 4.78 is 11.5. The molecule has 1 aromatic carbocycles. The van der Waals surface area contributed by atoms with Crippen LogP contribution in [-0.2, 0) is 13.2 Å². The van der Waals surface area contributed by atoms with Crippen LogP contribution in [0.3, 0.4) is 0 Å². The van der Waals surface area contributed by atoms with Crippen molar-refractivity contribution in [1.29, 1.82) is 0 Å². The van der Waals surface area contributed by atoms with Gasteiger partial charge in [-0.05, 0) is 35.0 Å². The molecular formula is C14H15BrCl2N2O2. The van der Waals surface area contributed by atoms with E-state index in [2.05, 4.69) is 33.3 Å². The van der Waals surface area contributed by atoms with Gasteiger partial charge in [0.25, 0.3) is 0 Å². The third-order valence-electron chi connectivity index (χ3n) is 2.69. The zero-order valence-electron chi connectivity index (χ0n) is 11.5. The molecule has 114 valence electrons. The number of hydrogen-bond donors (Lipinski definition) is 1. The summed E-state index contributed by atoms with van der Waals surface area (Å²) in [5, 5.41) is 8.24. The van der Waals surface area contributed by atoms with Gasteiger partial charge in [-0.25, -0.2) is 0 Å². The third kappa shape index (κ3) is 4.88. The van der Waals surface area contributed by atoms with Gasteiger partial charge in [0.05, 0.1) is 15.7 Å². The first-order valence-corrected chi connectivity index (χ1v) is 8.07. The molecule has 0 bridgehead atoms. The van der Waals surface area contributed by atoms with Gasteiger partial charge in [0.1, 0.15) is 12.4 Å². The zero-order chi connectivity index (χ0) is 15.2. The van der Waals surface area contributed by atoms with Gasteiger partial charge in [0, 0.05) is 23.2 Å². The summed E-state index contributed by atoms with van der Waals surface area (Å²) in [5.74, 6) is 1.14. The Kier molecular flexibility index (Phi) is 6.36. The van der Waals surface area contributed by atoms with Crippen LogP contribution in [0.1, 0.15) is 24.8 Å². The second-order valence-corrected chi connectivity index (χ2v) is 6.12. The van der Waals surface area contributed by atoms with Crippen LogP contribution in [0.15, 0.2) is 27.2 Å². The molecule has 1 aromatic heterocycles. The average Bonchev–Trinajstić information content (AvgIpc) is 2.90. The van der Waals surface area contributed by atoms with Crippen LogP contribution < -0.4 is 10.1 Å². The fourth-order valence-electron chi connectivity index (χ4n) is 1.66. The van der Waals surface area contributed by atoms with Crippen LogP contribution in [-0.4, -0.2) is 11.7 Å². The van der Waals surface area contributed by atoms with Gasteiger partial charge >= 0.3 is 0 Å². The molecule has 21 heavy (non-hydrogen) atoms. The normalized spacial score (nSPS) is 10.9. The second-order valence-electron chi connectivity index (χ2n) is 4.45. The van der Waals surface area contributed by atoms with Gasteiger partial charge in [-0.2, -0.15) is 0 Å². The minimum absolute atomic E-state index is 0.248. The van der Waals surface area contributed by atoms with E-state index in [4.69, 9.17) is 32.5 Å². The fraction of sp³-hybridized carbons (Fsp3) is 0.357. The highest BCUT2D eigenvalue weighted by Crippen LogP contribution is 2.34. The molecule has 0 saturated carbocycles. The Balaban J connectivity index is 1.92. The maximum absolute atomic E-state index is 6.09. The number of hydrogen-bond acceptors (Lipinski definition) is 4.